The molecule has 4 heteroatoms. The standard InChI is InChI=1S/C13H20N2OS/c14-7-2-1-6-13(16)15-9-11-8-10-4-3-5-12(10)17-11/h8H,1-7,9,14H2,(H,15,16). The molecule has 3 nitrogen and oxygen atoms in total. The molecule has 0 atom stereocenters. The van der Waals surface area contributed by atoms with Crippen LogP contribution in [-0.2, 0) is 24.2 Å². The van der Waals surface area contributed by atoms with E-state index < -0.39 is 0 Å². The van der Waals surface area contributed by atoms with Crippen LogP contribution in [0.1, 0.15) is 41.0 Å². The molecule has 0 saturated carbocycles. The fourth-order valence-electron chi connectivity index (χ4n) is 2.18. The van der Waals surface area contributed by atoms with Gasteiger partial charge in [0.1, 0.15) is 0 Å². The summed E-state index contributed by atoms with van der Waals surface area (Å²) in [5.74, 6) is 0.145. The maximum absolute atomic E-state index is 11.5. The Morgan fingerprint density at radius 3 is 3.06 bits per heavy atom. The molecule has 1 heterocycles. The van der Waals surface area contributed by atoms with Crippen molar-refractivity contribution in [2.75, 3.05) is 6.54 Å². The van der Waals surface area contributed by atoms with Crippen LogP contribution in [0.5, 0.6) is 0 Å². The molecule has 0 aliphatic heterocycles. The van der Waals surface area contributed by atoms with Gasteiger partial charge >= 0.3 is 0 Å². The van der Waals surface area contributed by atoms with E-state index in [4.69, 9.17) is 5.73 Å². The van der Waals surface area contributed by atoms with Gasteiger partial charge in [-0.1, -0.05) is 0 Å². The molecule has 0 radical (unpaired) electrons. The lowest BCUT2D eigenvalue weighted by molar-refractivity contribution is -0.121. The zero-order valence-electron chi connectivity index (χ0n) is 10.1. The number of rotatable bonds is 6. The van der Waals surface area contributed by atoms with Crippen LogP contribution in [0.4, 0.5) is 0 Å². The topological polar surface area (TPSA) is 55.1 Å². The Bertz CT molecular complexity index is 365. The number of nitrogens with two attached hydrogens (primary N) is 1. The van der Waals surface area contributed by atoms with Crippen molar-refractivity contribution in [3.05, 3.63) is 21.4 Å². The third-order valence-electron chi connectivity index (χ3n) is 3.12. The van der Waals surface area contributed by atoms with Gasteiger partial charge in [-0.15, -0.1) is 11.3 Å². The van der Waals surface area contributed by atoms with Gasteiger partial charge in [0, 0.05) is 16.2 Å². The van der Waals surface area contributed by atoms with E-state index in [2.05, 4.69) is 11.4 Å². The van der Waals surface area contributed by atoms with Gasteiger partial charge < -0.3 is 11.1 Å². The van der Waals surface area contributed by atoms with Crippen molar-refractivity contribution in [2.24, 2.45) is 5.73 Å². The first kappa shape index (κ1) is 12.6. The molecule has 3 N–H and O–H groups in total. The zero-order valence-corrected chi connectivity index (χ0v) is 10.9. The van der Waals surface area contributed by atoms with Gasteiger partial charge in [-0.05, 0) is 50.3 Å². The molecule has 1 aliphatic carbocycles. The maximum atomic E-state index is 11.5. The Balaban J connectivity index is 1.72. The van der Waals surface area contributed by atoms with Crippen LogP contribution >= 0.6 is 11.3 Å². The van der Waals surface area contributed by atoms with Crippen LogP contribution < -0.4 is 11.1 Å². The lowest BCUT2D eigenvalue weighted by atomic mass is 10.2. The Kier molecular flexibility index (Phi) is 4.57. The molecule has 1 amide bonds. The van der Waals surface area contributed by atoms with E-state index in [1.165, 1.54) is 34.6 Å². The minimum absolute atomic E-state index is 0.145. The van der Waals surface area contributed by atoms with E-state index in [9.17, 15) is 4.79 Å². The Morgan fingerprint density at radius 2 is 2.29 bits per heavy atom. The first-order valence-corrected chi connectivity index (χ1v) is 7.18. The maximum Gasteiger partial charge on any atom is 0.220 e. The van der Waals surface area contributed by atoms with E-state index in [1.807, 2.05) is 11.3 Å². The first-order valence-electron chi connectivity index (χ1n) is 6.37. The Hall–Kier alpha value is -0.870. The third-order valence-corrected chi connectivity index (χ3v) is 4.35. The van der Waals surface area contributed by atoms with Crippen molar-refractivity contribution in [1.29, 1.82) is 0 Å². The van der Waals surface area contributed by atoms with Crippen LogP contribution in [0.15, 0.2) is 6.07 Å². The van der Waals surface area contributed by atoms with Crippen LogP contribution in [0.3, 0.4) is 0 Å². The van der Waals surface area contributed by atoms with Gasteiger partial charge in [0.25, 0.3) is 0 Å². The van der Waals surface area contributed by atoms with E-state index >= 15 is 0 Å². The average Bonchev–Trinajstić information content (AvgIpc) is 2.86. The van der Waals surface area contributed by atoms with Crippen LogP contribution in [-0.4, -0.2) is 12.5 Å². The number of unbranched alkanes of at least 4 members (excludes halogenated alkanes) is 1. The quantitative estimate of drug-likeness (QED) is 0.761. The van der Waals surface area contributed by atoms with Gasteiger partial charge in [0.15, 0.2) is 0 Å². The van der Waals surface area contributed by atoms with Gasteiger partial charge in [-0.25, -0.2) is 0 Å². The normalized spacial score (nSPS) is 13.7. The van der Waals surface area contributed by atoms with Gasteiger partial charge in [-0.2, -0.15) is 0 Å². The highest BCUT2D eigenvalue weighted by Gasteiger charge is 2.14. The van der Waals surface area contributed by atoms with Gasteiger partial charge in [0.05, 0.1) is 6.54 Å². The molecule has 0 spiro atoms. The predicted octanol–water partition coefficient (Wildman–Crippen LogP) is 1.98. The molecule has 0 fully saturated rings. The Morgan fingerprint density at radius 1 is 1.41 bits per heavy atom. The fraction of sp³-hybridized carbons (Fsp3) is 0.615. The van der Waals surface area contributed by atoms with Crippen molar-refractivity contribution >= 4 is 17.2 Å². The van der Waals surface area contributed by atoms with Crippen molar-refractivity contribution in [3.63, 3.8) is 0 Å². The summed E-state index contributed by atoms with van der Waals surface area (Å²) in [4.78, 5) is 14.3. The van der Waals surface area contributed by atoms with E-state index in [0.717, 1.165) is 12.8 Å². The molecule has 0 bridgehead atoms. The third kappa shape index (κ3) is 3.54. The molecule has 0 unspecified atom stereocenters. The second-order valence-electron chi connectivity index (χ2n) is 4.54. The number of aryl methyl sites for hydroxylation is 2. The largest absolute Gasteiger partial charge is 0.351 e. The fourth-order valence-corrected chi connectivity index (χ4v) is 3.38. The van der Waals surface area contributed by atoms with Crippen LogP contribution in [0.25, 0.3) is 0 Å². The van der Waals surface area contributed by atoms with Crippen LogP contribution in [0, 0.1) is 0 Å². The van der Waals surface area contributed by atoms with Gasteiger partial charge in [0.2, 0.25) is 5.91 Å². The first-order chi connectivity index (χ1) is 8.29. The SMILES string of the molecule is NCCCCC(=O)NCc1cc2c(s1)CCC2. The molecule has 94 valence electrons. The average molecular weight is 252 g/mol. The number of hydrogen-bond acceptors (Lipinski definition) is 3. The number of thiophene rings is 1. The van der Waals surface area contributed by atoms with Crippen LogP contribution in [0.2, 0.25) is 0 Å². The van der Waals surface area contributed by atoms with Crippen molar-refractivity contribution < 1.29 is 4.79 Å². The lowest BCUT2D eigenvalue weighted by Crippen LogP contribution is -2.22. The molecule has 1 aromatic heterocycles. The monoisotopic (exact) mass is 252 g/mol. The highest BCUT2D eigenvalue weighted by molar-refractivity contribution is 7.12. The summed E-state index contributed by atoms with van der Waals surface area (Å²) in [6.45, 7) is 1.37. The van der Waals surface area contributed by atoms with E-state index in [0.29, 0.717) is 19.5 Å². The van der Waals surface area contributed by atoms with E-state index in [-0.39, 0.29) is 5.91 Å². The summed E-state index contributed by atoms with van der Waals surface area (Å²) < 4.78 is 0. The van der Waals surface area contributed by atoms with Crippen molar-refractivity contribution in [2.45, 2.75) is 45.1 Å². The summed E-state index contributed by atoms with van der Waals surface area (Å²) in [5.41, 5.74) is 6.89. The molecule has 1 aromatic rings. The lowest BCUT2D eigenvalue weighted by Gasteiger charge is -2.03. The molecular formula is C13H20N2OS. The summed E-state index contributed by atoms with van der Waals surface area (Å²) in [7, 11) is 0. The summed E-state index contributed by atoms with van der Waals surface area (Å²) in [6, 6.07) is 2.26. The highest BCUT2D eigenvalue weighted by Crippen LogP contribution is 2.30. The minimum Gasteiger partial charge on any atom is -0.351 e. The second-order valence-corrected chi connectivity index (χ2v) is 5.76. The molecular weight excluding hydrogens is 232 g/mol. The van der Waals surface area contributed by atoms with E-state index in [1.54, 1.807) is 0 Å². The number of amides is 1. The van der Waals surface area contributed by atoms with Gasteiger partial charge in [-0.3, -0.25) is 4.79 Å². The summed E-state index contributed by atoms with van der Waals surface area (Å²) >= 11 is 1.86. The zero-order chi connectivity index (χ0) is 12.1. The number of fused-ring (bicyclic) bond motifs is 1. The smallest absolute Gasteiger partial charge is 0.220 e. The number of nitrogens with one attached hydrogen (secondary N) is 1. The highest BCUT2D eigenvalue weighted by atomic mass is 32.1. The number of carbonyl (C=O) groups excluding carboxylic acids is 1. The predicted molar refractivity (Wildman–Crippen MR) is 71.1 cm³/mol. The molecule has 0 aromatic carbocycles. The number of hydrogen-bond donors (Lipinski definition) is 2. The van der Waals surface area contributed by atoms with Crippen molar-refractivity contribution in [1.82, 2.24) is 5.32 Å². The molecule has 0 saturated heterocycles. The van der Waals surface area contributed by atoms with Crippen molar-refractivity contribution in [3.8, 4) is 0 Å². The Labute approximate surface area is 106 Å². The minimum atomic E-state index is 0.145. The number of carbonyl (C=O) groups is 1. The summed E-state index contributed by atoms with van der Waals surface area (Å²) in [5, 5.41) is 2.98. The molecule has 2 rings (SSSR count). The second kappa shape index (κ2) is 6.17. The molecule has 17 heavy (non-hydrogen) atoms. The molecule has 1 aliphatic rings. The summed E-state index contributed by atoms with van der Waals surface area (Å²) in [6.07, 6.45) is 6.17.